The summed E-state index contributed by atoms with van der Waals surface area (Å²) in [5, 5.41) is 13.4. The molecule has 88 valence electrons. The molecule has 0 saturated carbocycles. The van der Waals surface area contributed by atoms with Crippen LogP contribution in [0.15, 0.2) is 12.3 Å². The molecule has 1 amide bonds. The fourth-order valence-electron chi connectivity index (χ4n) is 1.70. The predicted molar refractivity (Wildman–Crippen MR) is 59.7 cm³/mol. The first kappa shape index (κ1) is 11.1. The summed E-state index contributed by atoms with van der Waals surface area (Å²) in [5.74, 6) is 0.0258. The van der Waals surface area contributed by atoms with Crippen molar-refractivity contribution in [1.29, 1.82) is 0 Å². The number of carbonyl (C=O) groups excluding carboxylic acids is 1. The van der Waals surface area contributed by atoms with Crippen molar-refractivity contribution < 1.29 is 4.79 Å². The Morgan fingerprint density at radius 1 is 1.69 bits per heavy atom. The lowest BCUT2D eigenvalue weighted by Gasteiger charge is -2.23. The van der Waals surface area contributed by atoms with E-state index in [1.807, 2.05) is 19.3 Å². The van der Waals surface area contributed by atoms with Gasteiger partial charge in [-0.3, -0.25) is 9.48 Å². The van der Waals surface area contributed by atoms with E-state index in [1.165, 1.54) is 0 Å². The van der Waals surface area contributed by atoms with E-state index in [1.54, 1.807) is 4.68 Å². The maximum absolute atomic E-state index is 11.7. The number of amides is 1. The number of piperazine rings is 1. The van der Waals surface area contributed by atoms with Crippen LogP contribution in [0.3, 0.4) is 0 Å². The summed E-state index contributed by atoms with van der Waals surface area (Å²) >= 11 is 0. The third-order valence-corrected chi connectivity index (χ3v) is 2.57. The SMILES string of the molecule is Cn1ccc(CNC(=O)C2CNCCN2)n1. The molecular formula is C10H17N5O. The highest BCUT2D eigenvalue weighted by Crippen LogP contribution is 1.94. The molecule has 0 aromatic carbocycles. The van der Waals surface area contributed by atoms with Crippen molar-refractivity contribution in [3.05, 3.63) is 18.0 Å². The van der Waals surface area contributed by atoms with Crippen LogP contribution in [0.1, 0.15) is 5.69 Å². The lowest BCUT2D eigenvalue weighted by atomic mass is 10.2. The minimum absolute atomic E-state index is 0.0258. The van der Waals surface area contributed by atoms with Crippen molar-refractivity contribution in [3.63, 3.8) is 0 Å². The van der Waals surface area contributed by atoms with Crippen LogP contribution in [0.5, 0.6) is 0 Å². The number of aromatic nitrogens is 2. The topological polar surface area (TPSA) is 71.0 Å². The lowest BCUT2D eigenvalue weighted by Crippen LogP contribution is -2.55. The van der Waals surface area contributed by atoms with Crippen LogP contribution in [0, 0.1) is 0 Å². The van der Waals surface area contributed by atoms with E-state index in [2.05, 4.69) is 21.0 Å². The number of aryl methyl sites for hydroxylation is 1. The second kappa shape index (κ2) is 5.09. The highest BCUT2D eigenvalue weighted by Gasteiger charge is 2.19. The van der Waals surface area contributed by atoms with Gasteiger partial charge in [0.1, 0.15) is 0 Å². The van der Waals surface area contributed by atoms with Crippen molar-refractivity contribution in [2.24, 2.45) is 7.05 Å². The molecule has 1 saturated heterocycles. The molecule has 1 atom stereocenters. The Bertz CT molecular complexity index is 356. The molecule has 3 N–H and O–H groups in total. The van der Waals surface area contributed by atoms with Gasteiger partial charge in [-0.25, -0.2) is 0 Å². The van der Waals surface area contributed by atoms with Gasteiger partial charge in [-0.15, -0.1) is 0 Å². The van der Waals surface area contributed by atoms with Crippen LogP contribution in [-0.2, 0) is 18.4 Å². The average molecular weight is 223 g/mol. The predicted octanol–water partition coefficient (Wildman–Crippen LogP) is -1.40. The van der Waals surface area contributed by atoms with E-state index in [4.69, 9.17) is 0 Å². The molecule has 2 heterocycles. The zero-order chi connectivity index (χ0) is 11.4. The Hall–Kier alpha value is -1.40. The minimum Gasteiger partial charge on any atom is -0.349 e. The van der Waals surface area contributed by atoms with E-state index in [0.717, 1.165) is 18.8 Å². The van der Waals surface area contributed by atoms with Crippen molar-refractivity contribution in [3.8, 4) is 0 Å². The number of hydrogen-bond donors (Lipinski definition) is 3. The molecule has 0 spiro atoms. The van der Waals surface area contributed by atoms with Crippen LogP contribution in [-0.4, -0.2) is 41.4 Å². The zero-order valence-corrected chi connectivity index (χ0v) is 9.36. The maximum atomic E-state index is 11.7. The molecule has 1 aromatic heterocycles. The van der Waals surface area contributed by atoms with Crippen LogP contribution in [0.2, 0.25) is 0 Å². The Morgan fingerprint density at radius 2 is 2.56 bits per heavy atom. The quantitative estimate of drug-likeness (QED) is 0.589. The Morgan fingerprint density at radius 3 is 3.19 bits per heavy atom. The molecule has 0 radical (unpaired) electrons. The molecule has 1 aliphatic heterocycles. The van der Waals surface area contributed by atoms with Gasteiger partial charge in [0.05, 0.1) is 18.3 Å². The first-order chi connectivity index (χ1) is 7.75. The Balaban J connectivity index is 1.78. The van der Waals surface area contributed by atoms with Crippen molar-refractivity contribution in [2.45, 2.75) is 12.6 Å². The molecule has 1 aromatic rings. The monoisotopic (exact) mass is 223 g/mol. The third kappa shape index (κ3) is 2.80. The van der Waals surface area contributed by atoms with Crippen molar-refractivity contribution >= 4 is 5.91 Å². The third-order valence-electron chi connectivity index (χ3n) is 2.57. The second-order valence-corrected chi connectivity index (χ2v) is 3.91. The minimum atomic E-state index is -0.127. The molecule has 6 heteroatoms. The van der Waals surface area contributed by atoms with E-state index in [-0.39, 0.29) is 11.9 Å². The van der Waals surface area contributed by atoms with Gasteiger partial charge in [-0.2, -0.15) is 5.10 Å². The van der Waals surface area contributed by atoms with Crippen LogP contribution < -0.4 is 16.0 Å². The summed E-state index contributed by atoms with van der Waals surface area (Å²) in [6, 6.07) is 1.77. The van der Waals surface area contributed by atoms with Gasteiger partial charge in [0, 0.05) is 32.9 Å². The number of nitrogens with one attached hydrogen (secondary N) is 3. The van der Waals surface area contributed by atoms with Gasteiger partial charge in [0.25, 0.3) is 0 Å². The molecule has 16 heavy (non-hydrogen) atoms. The Kier molecular flexibility index (Phi) is 3.53. The highest BCUT2D eigenvalue weighted by atomic mass is 16.2. The van der Waals surface area contributed by atoms with Gasteiger partial charge < -0.3 is 16.0 Å². The summed E-state index contributed by atoms with van der Waals surface area (Å²) in [6.45, 7) is 2.93. The fraction of sp³-hybridized carbons (Fsp3) is 0.600. The summed E-state index contributed by atoms with van der Waals surface area (Å²) in [4.78, 5) is 11.7. The van der Waals surface area contributed by atoms with Crippen LogP contribution in [0.25, 0.3) is 0 Å². The van der Waals surface area contributed by atoms with Gasteiger partial charge in [-0.05, 0) is 6.07 Å². The number of rotatable bonds is 3. The van der Waals surface area contributed by atoms with Gasteiger partial charge in [0.2, 0.25) is 5.91 Å². The van der Waals surface area contributed by atoms with Gasteiger partial charge in [-0.1, -0.05) is 0 Å². The van der Waals surface area contributed by atoms with Gasteiger partial charge >= 0.3 is 0 Å². The Labute approximate surface area is 94.4 Å². The summed E-state index contributed by atoms with van der Waals surface area (Å²) in [5.41, 5.74) is 0.875. The molecular weight excluding hydrogens is 206 g/mol. The maximum Gasteiger partial charge on any atom is 0.238 e. The first-order valence-electron chi connectivity index (χ1n) is 5.46. The highest BCUT2D eigenvalue weighted by molar-refractivity contribution is 5.82. The normalized spacial score (nSPS) is 20.7. The van der Waals surface area contributed by atoms with Crippen molar-refractivity contribution in [1.82, 2.24) is 25.7 Å². The summed E-state index contributed by atoms with van der Waals surface area (Å²) in [6.07, 6.45) is 1.86. The lowest BCUT2D eigenvalue weighted by molar-refractivity contribution is -0.123. The number of hydrogen-bond acceptors (Lipinski definition) is 4. The van der Waals surface area contributed by atoms with E-state index in [9.17, 15) is 4.79 Å². The van der Waals surface area contributed by atoms with E-state index in [0.29, 0.717) is 13.1 Å². The molecule has 6 nitrogen and oxygen atoms in total. The smallest absolute Gasteiger partial charge is 0.238 e. The summed E-state index contributed by atoms with van der Waals surface area (Å²) in [7, 11) is 1.86. The van der Waals surface area contributed by atoms with Crippen LogP contribution >= 0.6 is 0 Å². The molecule has 2 rings (SSSR count). The van der Waals surface area contributed by atoms with E-state index < -0.39 is 0 Å². The number of nitrogens with zero attached hydrogens (tertiary/aromatic N) is 2. The molecule has 1 unspecified atom stereocenters. The summed E-state index contributed by atoms with van der Waals surface area (Å²) < 4.78 is 1.72. The molecule has 1 fully saturated rings. The van der Waals surface area contributed by atoms with E-state index >= 15 is 0 Å². The molecule has 0 aliphatic carbocycles. The standard InChI is InChI=1S/C10H17N5O/c1-15-5-2-8(14-15)6-13-10(16)9-7-11-3-4-12-9/h2,5,9,11-12H,3-4,6-7H2,1H3,(H,13,16). The number of carbonyl (C=O) groups is 1. The average Bonchev–Trinajstić information content (AvgIpc) is 2.73. The first-order valence-corrected chi connectivity index (χ1v) is 5.46. The van der Waals surface area contributed by atoms with Gasteiger partial charge in [0.15, 0.2) is 0 Å². The molecule has 1 aliphatic rings. The van der Waals surface area contributed by atoms with Crippen molar-refractivity contribution in [2.75, 3.05) is 19.6 Å². The largest absolute Gasteiger partial charge is 0.349 e. The van der Waals surface area contributed by atoms with Crippen LogP contribution in [0.4, 0.5) is 0 Å². The molecule has 0 bridgehead atoms. The fourth-order valence-corrected chi connectivity index (χ4v) is 1.70. The second-order valence-electron chi connectivity index (χ2n) is 3.91. The zero-order valence-electron chi connectivity index (χ0n) is 9.36.